The molecule has 172 valence electrons. The van der Waals surface area contributed by atoms with Gasteiger partial charge < -0.3 is 10.2 Å². The molecule has 2 amide bonds. The fourth-order valence-corrected chi connectivity index (χ4v) is 4.43. The van der Waals surface area contributed by atoms with Gasteiger partial charge in [-0.1, -0.05) is 48.9 Å². The number of amides is 2. The predicted molar refractivity (Wildman–Crippen MR) is 130 cm³/mol. The first-order valence-corrected chi connectivity index (χ1v) is 11.8. The first-order valence-electron chi connectivity index (χ1n) is 11.8. The molecular weight excluding hydrogens is 412 g/mol. The Balaban J connectivity index is 1.62. The summed E-state index contributed by atoms with van der Waals surface area (Å²) in [6.45, 7) is 8.02. The van der Waals surface area contributed by atoms with Crippen LogP contribution in [0.5, 0.6) is 0 Å². The van der Waals surface area contributed by atoms with Crippen LogP contribution in [0, 0.1) is 19.8 Å². The van der Waals surface area contributed by atoms with Gasteiger partial charge in [-0.25, -0.2) is 4.68 Å². The number of carbonyl (C=O) groups excluding carboxylic acids is 2. The number of hydrogen-bond acceptors (Lipinski definition) is 3. The Morgan fingerprint density at radius 2 is 1.79 bits per heavy atom. The summed E-state index contributed by atoms with van der Waals surface area (Å²) in [5, 5.41) is 7.82. The summed E-state index contributed by atoms with van der Waals surface area (Å²) in [5.74, 6) is 0.0582. The van der Waals surface area contributed by atoms with Gasteiger partial charge in [0, 0.05) is 37.3 Å². The highest BCUT2D eigenvalue weighted by molar-refractivity contribution is 6.00. The number of aromatic nitrogens is 2. The predicted octanol–water partition coefficient (Wildman–Crippen LogP) is 4.53. The molecular formula is C27H32N4O2. The Hall–Kier alpha value is -3.41. The highest BCUT2D eigenvalue weighted by Crippen LogP contribution is 2.29. The van der Waals surface area contributed by atoms with Gasteiger partial charge >= 0.3 is 0 Å². The monoisotopic (exact) mass is 444 g/mol. The van der Waals surface area contributed by atoms with Crippen LogP contribution in [0.2, 0.25) is 0 Å². The number of para-hydroxylation sites is 1. The van der Waals surface area contributed by atoms with Crippen LogP contribution in [-0.2, 0) is 4.79 Å². The fraction of sp³-hybridized carbons (Fsp3) is 0.370. The number of carbonyl (C=O) groups is 2. The van der Waals surface area contributed by atoms with Gasteiger partial charge in [-0.15, -0.1) is 0 Å². The molecule has 33 heavy (non-hydrogen) atoms. The molecule has 0 aliphatic carbocycles. The molecule has 1 saturated heterocycles. The first-order chi connectivity index (χ1) is 16.0. The zero-order valence-corrected chi connectivity index (χ0v) is 19.7. The molecule has 4 rings (SSSR count). The largest absolute Gasteiger partial charge is 0.356 e. The van der Waals surface area contributed by atoms with Crippen LogP contribution in [-0.4, -0.2) is 46.1 Å². The molecule has 6 nitrogen and oxygen atoms in total. The van der Waals surface area contributed by atoms with E-state index in [9.17, 15) is 9.59 Å². The molecule has 1 aliphatic rings. The SMILES string of the molecule is CCCNC(=O)C1CCN(C(=O)c2cn(-c3ccccc3)nc2-c2ccc(C)cc2C)CC1. The summed E-state index contributed by atoms with van der Waals surface area (Å²) >= 11 is 0. The zero-order valence-electron chi connectivity index (χ0n) is 19.7. The van der Waals surface area contributed by atoms with Crippen molar-refractivity contribution in [1.29, 1.82) is 0 Å². The first kappa shape index (κ1) is 22.8. The second-order valence-corrected chi connectivity index (χ2v) is 8.85. The van der Waals surface area contributed by atoms with Crippen molar-refractivity contribution in [2.45, 2.75) is 40.0 Å². The van der Waals surface area contributed by atoms with Gasteiger partial charge in [-0.2, -0.15) is 5.10 Å². The van der Waals surface area contributed by atoms with E-state index >= 15 is 0 Å². The topological polar surface area (TPSA) is 67.2 Å². The third kappa shape index (κ3) is 5.00. The van der Waals surface area contributed by atoms with E-state index in [2.05, 4.69) is 31.3 Å². The number of hydrogen-bond donors (Lipinski definition) is 1. The number of likely N-dealkylation sites (tertiary alicyclic amines) is 1. The number of piperidine rings is 1. The van der Waals surface area contributed by atoms with Gasteiger partial charge in [0.1, 0.15) is 5.69 Å². The molecule has 1 N–H and O–H groups in total. The van der Waals surface area contributed by atoms with Crippen molar-refractivity contribution >= 4 is 11.8 Å². The average Bonchev–Trinajstić information content (AvgIpc) is 3.28. The molecule has 0 spiro atoms. The summed E-state index contributed by atoms with van der Waals surface area (Å²) in [7, 11) is 0. The van der Waals surface area contributed by atoms with E-state index in [1.54, 1.807) is 4.68 Å². The van der Waals surface area contributed by atoms with Crippen molar-refractivity contribution in [3.8, 4) is 16.9 Å². The molecule has 1 aliphatic heterocycles. The second kappa shape index (κ2) is 10.0. The molecule has 0 saturated carbocycles. The van der Waals surface area contributed by atoms with Crippen molar-refractivity contribution in [3.05, 3.63) is 71.4 Å². The molecule has 0 atom stereocenters. The van der Waals surface area contributed by atoms with Crippen LogP contribution in [0.15, 0.2) is 54.7 Å². The second-order valence-electron chi connectivity index (χ2n) is 8.85. The minimum Gasteiger partial charge on any atom is -0.356 e. The van der Waals surface area contributed by atoms with Crippen molar-refractivity contribution in [1.82, 2.24) is 20.0 Å². The molecule has 2 aromatic carbocycles. The molecule has 1 fully saturated rings. The number of rotatable bonds is 6. The number of nitrogens with one attached hydrogen (secondary N) is 1. The van der Waals surface area contributed by atoms with E-state index in [4.69, 9.17) is 5.10 Å². The summed E-state index contributed by atoms with van der Waals surface area (Å²) in [4.78, 5) is 27.8. The Labute approximate surface area is 195 Å². The van der Waals surface area contributed by atoms with Crippen molar-refractivity contribution in [3.63, 3.8) is 0 Å². The minimum atomic E-state index is -0.0282. The lowest BCUT2D eigenvalue weighted by Gasteiger charge is -2.31. The van der Waals surface area contributed by atoms with Crippen LogP contribution in [0.3, 0.4) is 0 Å². The van der Waals surface area contributed by atoms with Gasteiger partial charge in [-0.3, -0.25) is 9.59 Å². The van der Waals surface area contributed by atoms with Gasteiger partial charge in [-0.05, 0) is 50.8 Å². The number of nitrogens with zero attached hydrogens (tertiary/aromatic N) is 3. The van der Waals surface area contributed by atoms with Crippen molar-refractivity contribution < 1.29 is 9.59 Å². The molecule has 1 aromatic heterocycles. The average molecular weight is 445 g/mol. The zero-order chi connectivity index (χ0) is 23.4. The van der Waals surface area contributed by atoms with Gasteiger partial charge in [0.2, 0.25) is 5.91 Å². The summed E-state index contributed by atoms with van der Waals surface area (Å²) in [6, 6.07) is 16.1. The lowest BCUT2D eigenvalue weighted by atomic mass is 9.95. The molecule has 6 heteroatoms. The molecule has 2 heterocycles. The lowest BCUT2D eigenvalue weighted by Crippen LogP contribution is -2.43. The summed E-state index contributed by atoms with van der Waals surface area (Å²) in [6.07, 6.45) is 4.14. The van der Waals surface area contributed by atoms with Crippen LogP contribution in [0.4, 0.5) is 0 Å². The van der Waals surface area contributed by atoms with E-state index in [0.717, 1.165) is 23.2 Å². The standard InChI is InChI=1S/C27H32N4O2/c1-4-14-28-26(32)21-12-15-30(16-13-21)27(33)24-18-31(22-8-6-5-7-9-22)29-25(24)23-11-10-19(2)17-20(23)3/h5-11,17-18,21H,4,12-16H2,1-3H3,(H,28,32). The Bertz CT molecular complexity index is 1130. The maximum atomic E-state index is 13.6. The summed E-state index contributed by atoms with van der Waals surface area (Å²) in [5.41, 5.74) is 5.44. The Morgan fingerprint density at radius 1 is 1.06 bits per heavy atom. The van der Waals surface area contributed by atoms with Gasteiger partial charge in [0.15, 0.2) is 0 Å². The van der Waals surface area contributed by atoms with E-state index in [1.807, 2.05) is 54.4 Å². The van der Waals surface area contributed by atoms with E-state index in [-0.39, 0.29) is 17.7 Å². The quantitative estimate of drug-likeness (QED) is 0.607. The fourth-order valence-electron chi connectivity index (χ4n) is 4.43. The Kier molecular flexibility index (Phi) is 6.92. The van der Waals surface area contributed by atoms with Crippen molar-refractivity contribution in [2.24, 2.45) is 5.92 Å². The third-order valence-corrected chi connectivity index (χ3v) is 6.30. The van der Waals surface area contributed by atoms with Crippen LogP contribution in [0.1, 0.15) is 47.7 Å². The molecule has 0 unspecified atom stereocenters. The lowest BCUT2D eigenvalue weighted by molar-refractivity contribution is -0.126. The van der Waals surface area contributed by atoms with E-state index in [1.165, 1.54) is 5.56 Å². The van der Waals surface area contributed by atoms with E-state index in [0.29, 0.717) is 43.7 Å². The molecule has 0 bridgehead atoms. The third-order valence-electron chi connectivity index (χ3n) is 6.30. The van der Waals surface area contributed by atoms with Gasteiger partial charge in [0.25, 0.3) is 5.91 Å². The normalized spacial score (nSPS) is 14.3. The van der Waals surface area contributed by atoms with Crippen LogP contribution in [0.25, 0.3) is 16.9 Å². The number of benzene rings is 2. The van der Waals surface area contributed by atoms with Crippen LogP contribution < -0.4 is 5.32 Å². The Morgan fingerprint density at radius 3 is 2.45 bits per heavy atom. The van der Waals surface area contributed by atoms with Crippen molar-refractivity contribution in [2.75, 3.05) is 19.6 Å². The van der Waals surface area contributed by atoms with Crippen LogP contribution >= 0.6 is 0 Å². The van der Waals surface area contributed by atoms with E-state index < -0.39 is 0 Å². The number of aryl methyl sites for hydroxylation is 2. The highest BCUT2D eigenvalue weighted by Gasteiger charge is 2.30. The van der Waals surface area contributed by atoms with Gasteiger partial charge in [0.05, 0.1) is 11.3 Å². The molecule has 3 aromatic rings. The minimum absolute atomic E-state index is 0.0218. The summed E-state index contributed by atoms with van der Waals surface area (Å²) < 4.78 is 1.78. The smallest absolute Gasteiger partial charge is 0.257 e. The maximum absolute atomic E-state index is 13.6. The highest BCUT2D eigenvalue weighted by atomic mass is 16.2. The molecule has 0 radical (unpaired) electrons. The maximum Gasteiger partial charge on any atom is 0.257 e.